The van der Waals surface area contributed by atoms with Crippen LogP contribution in [-0.2, 0) is 5.67 Å². The first-order valence-corrected chi connectivity index (χ1v) is 5.78. The Bertz CT molecular complexity index is 417. The molecule has 0 spiro atoms. The normalized spacial score (nSPS) is 20.9. The van der Waals surface area contributed by atoms with Crippen LogP contribution in [-0.4, -0.2) is 13.1 Å². The largest absolute Gasteiger partial charge is 0.316 e. The van der Waals surface area contributed by atoms with Crippen LogP contribution in [0.3, 0.4) is 0 Å². The molecule has 1 unspecified atom stereocenters. The summed E-state index contributed by atoms with van der Waals surface area (Å²) in [4.78, 5) is 0. The number of hydrogen-bond acceptors (Lipinski definition) is 1. The smallest absolute Gasteiger partial charge is 0.162 e. The van der Waals surface area contributed by atoms with Crippen LogP contribution in [0, 0.1) is 11.6 Å². The molecule has 1 atom stereocenters. The highest BCUT2D eigenvalue weighted by Crippen LogP contribution is 2.32. The minimum absolute atomic E-state index is 0.0631. The van der Waals surface area contributed by atoms with Gasteiger partial charge in [0.2, 0.25) is 0 Å². The molecule has 1 fully saturated rings. The second-order valence-corrected chi connectivity index (χ2v) is 5.02. The van der Waals surface area contributed by atoms with Gasteiger partial charge < -0.3 is 5.32 Å². The molecular weight excluding hydrogens is 227 g/mol. The average Bonchev–Trinajstić information content (AvgIpc) is 2.73. The maximum Gasteiger partial charge on any atom is 0.162 e. The molecule has 4 heteroatoms. The second kappa shape index (κ2) is 4.33. The van der Waals surface area contributed by atoms with E-state index in [2.05, 4.69) is 5.32 Å². The third-order valence-corrected chi connectivity index (χ3v) is 3.24. The number of nitrogens with one attached hydrogen (secondary N) is 1. The van der Waals surface area contributed by atoms with Gasteiger partial charge in [0, 0.05) is 12.5 Å². The molecule has 0 radical (unpaired) electrons. The first-order valence-electron chi connectivity index (χ1n) is 5.78. The maximum absolute atomic E-state index is 13.8. The van der Waals surface area contributed by atoms with E-state index in [0.717, 1.165) is 19.0 Å². The highest BCUT2D eigenvalue weighted by Gasteiger charge is 2.27. The quantitative estimate of drug-likeness (QED) is 0.840. The van der Waals surface area contributed by atoms with Crippen molar-refractivity contribution in [1.82, 2.24) is 5.32 Å². The van der Waals surface area contributed by atoms with Crippen LogP contribution in [0.1, 0.15) is 37.3 Å². The molecule has 0 bridgehead atoms. The Morgan fingerprint density at radius 1 is 1.29 bits per heavy atom. The lowest BCUT2D eigenvalue weighted by Crippen LogP contribution is -2.14. The number of halogens is 3. The van der Waals surface area contributed by atoms with E-state index >= 15 is 0 Å². The lowest BCUT2D eigenvalue weighted by atomic mass is 9.91. The monoisotopic (exact) mass is 243 g/mol. The SMILES string of the molecule is CC(C)(F)c1cc(F)c(F)c(C2CCNC2)c1. The lowest BCUT2D eigenvalue weighted by Gasteiger charge is -2.19. The molecule has 17 heavy (non-hydrogen) atoms. The van der Waals surface area contributed by atoms with E-state index in [-0.39, 0.29) is 17.0 Å². The van der Waals surface area contributed by atoms with Crippen LogP contribution < -0.4 is 5.32 Å². The zero-order valence-electron chi connectivity index (χ0n) is 9.99. The van der Waals surface area contributed by atoms with Gasteiger partial charge in [0.15, 0.2) is 11.6 Å². The number of rotatable bonds is 2. The van der Waals surface area contributed by atoms with Crippen molar-refractivity contribution in [2.45, 2.75) is 31.9 Å². The highest BCUT2D eigenvalue weighted by molar-refractivity contribution is 5.33. The van der Waals surface area contributed by atoms with Crippen molar-refractivity contribution in [3.8, 4) is 0 Å². The Kier molecular flexibility index (Phi) is 3.17. The molecule has 2 rings (SSSR count). The Morgan fingerprint density at radius 2 is 2.00 bits per heavy atom. The van der Waals surface area contributed by atoms with Crippen LogP contribution in [0.2, 0.25) is 0 Å². The molecule has 1 saturated heterocycles. The Balaban J connectivity index is 2.46. The van der Waals surface area contributed by atoms with Crippen molar-refractivity contribution in [2.24, 2.45) is 0 Å². The Morgan fingerprint density at radius 3 is 2.53 bits per heavy atom. The average molecular weight is 243 g/mol. The van der Waals surface area contributed by atoms with Gasteiger partial charge in [-0.3, -0.25) is 0 Å². The van der Waals surface area contributed by atoms with Gasteiger partial charge in [0.1, 0.15) is 5.67 Å². The van der Waals surface area contributed by atoms with Crippen molar-refractivity contribution in [2.75, 3.05) is 13.1 Å². The first-order chi connectivity index (χ1) is 7.89. The fourth-order valence-electron chi connectivity index (χ4n) is 2.17. The molecule has 1 heterocycles. The standard InChI is InChI=1S/C13H16F3N/c1-13(2,16)9-5-10(8-3-4-17-7-8)12(15)11(14)6-9/h5-6,8,17H,3-4,7H2,1-2H3. The fraction of sp³-hybridized carbons (Fsp3) is 0.538. The van der Waals surface area contributed by atoms with E-state index in [1.54, 1.807) is 0 Å². The molecule has 1 aromatic carbocycles. The Labute approximate surface area is 99.0 Å². The van der Waals surface area contributed by atoms with Crippen molar-refractivity contribution in [1.29, 1.82) is 0 Å². The summed E-state index contributed by atoms with van der Waals surface area (Å²) in [5.74, 6) is -1.87. The molecule has 1 aliphatic rings. The molecule has 0 saturated carbocycles. The predicted molar refractivity (Wildman–Crippen MR) is 60.7 cm³/mol. The summed E-state index contributed by atoms with van der Waals surface area (Å²) >= 11 is 0. The summed E-state index contributed by atoms with van der Waals surface area (Å²) in [5, 5.41) is 3.09. The number of benzene rings is 1. The zero-order valence-corrected chi connectivity index (χ0v) is 9.99. The third-order valence-electron chi connectivity index (χ3n) is 3.24. The van der Waals surface area contributed by atoms with E-state index < -0.39 is 17.3 Å². The van der Waals surface area contributed by atoms with E-state index in [0.29, 0.717) is 6.54 Å². The molecule has 1 N–H and O–H groups in total. The minimum atomic E-state index is -1.66. The van der Waals surface area contributed by atoms with Gasteiger partial charge >= 0.3 is 0 Å². The van der Waals surface area contributed by atoms with Crippen molar-refractivity contribution < 1.29 is 13.2 Å². The van der Waals surface area contributed by atoms with E-state index in [1.807, 2.05) is 0 Å². The van der Waals surface area contributed by atoms with Gasteiger partial charge in [-0.1, -0.05) is 0 Å². The van der Waals surface area contributed by atoms with Crippen LogP contribution in [0.4, 0.5) is 13.2 Å². The van der Waals surface area contributed by atoms with E-state index in [1.165, 1.54) is 19.9 Å². The molecule has 1 aliphatic heterocycles. The predicted octanol–water partition coefficient (Wildman–Crippen LogP) is 3.25. The topological polar surface area (TPSA) is 12.0 Å². The molecular formula is C13H16F3N. The molecule has 94 valence electrons. The first kappa shape index (κ1) is 12.4. The third kappa shape index (κ3) is 2.46. The number of hydrogen-bond donors (Lipinski definition) is 1. The molecule has 0 aromatic heterocycles. The van der Waals surface area contributed by atoms with Gasteiger partial charge in [-0.2, -0.15) is 0 Å². The summed E-state index contributed by atoms with van der Waals surface area (Å²) in [7, 11) is 0. The fourth-order valence-corrected chi connectivity index (χ4v) is 2.17. The maximum atomic E-state index is 13.8. The summed E-state index contributed by atoms with van der Waals surface area (Å²) < 4.78 is 41.0. The van der Waals surface area contributed by atoms with E-state index in [9.17, 15) is 13.2 Å². The lowest BCUT2D eigenvalue weighted by molar-refractivity contribution is 0.220. The van der Waals surface area contributed by atoms with Gasteiger partial charge in [-0.05, 0) is 50.1 Å². The van der Waals surface area contributed by atoms with Gasteiger partial charge in [0.25, 0.3) is 0 Å². The van der Waals surface area contributed by atoms with Crippen LogP contribution in [0.15, 0.2) is 12.1 Å². The molecule has 0 amide bonds. The van der Waals surface area contributed by atoms with Crippen LogP contribution in [0.25, 0.3) is 0 Å². The highest BCUT2D eigenvalue weighted by atomic mass is 19.2. The minimum Gasteiger partial charge on any atom is -0.316 e. The Hall–Kier alpha value is -1.03. The van der Waals surface area contributed by atoms with Gasteiger partial charge in [0.05, 0.1) is 0 Å². The van der Waals surface area contributed by atoms with E-state index in [4.69, 9.17) is 0 Å². The van der Waals surface area contributed by atoms with Crippen LogP contribution >= 0.6 is 0 Å². The van der Waals surface area contributed by atoms with Crippen LogP contribution in [0.5, 0.6) is 0 Å². The summed E-state index contributed by atoms with van der Waals surface area (Å²) in [6.07, 6.45) is 0.756. The van der Waals surface area contributed by atoms with Gasteiger partial charge in [-0.15, -0.1) is 0 Å². The number of alkyl halides is 1. The van der Waals surface area contributed by atoms with Crippen molar-refractivity contribution in [3.05, 3.63) is 34.9 Å². The van der Waals surface area contributed by atoms with Crippen molar-refractivity contribution in [3.63, 3.8) is 0 Å². The molecule has 0 aliphatic carbocycles. The second-order valence-electron chi connectivity index (χ2n) is 5.02. The summed E-state index contributed by atoms with van der Waals surface area (Å²) in [6.45, 7) is 4.09. The molecule has 1 aromatic rings. The zero-order chi connectivity index (χ0) is 12.6. The van der Waals surface area contributed by atoms with Crippen molar-refractivity contribution >= 4 is 0 Å². The summed E-state index contributed by atoms with van der Waals surface area (Å²) in [5.41, 5.74) is -1.18. The van der Waals surface area contributed by atoms with Gasteiger partial charge in [-0.25, -0.2) is 13.2 Å². The summed E-state index contributed by atoms with van der Waals surface area (Å²) in [6, 6.07) is 2.40. The molecule has 1 nitrogen and oxygen atoms in total.